The summed E-state index contributed by atoms with van der Waals surface area (Å²) in [4.78, 5) is 4.13. The van der Waals surface area contributed by atoms with Gasteiger partial charge in [-0.2, -0.15) is 9.36 Å². The fourth-order valence-electron chi connectivity index (χ4n) is 1.11. The minimum absolute atomic E-state index is 0.357. The van der Waals surface area contributed by atoms with Crippen molar-refractivity contribution in [3.8, 4) is 10.9 Å². The van der Waals surface area contributed by atoms with Crippen LogP contribution in [0.1, 0.15) is 12.7 Å². The predicted octanol–water partition coefficient (Wildman–Crippen LogP) is 3.79. The average Bonchev–Trinajstić information content (AvgIpc) is 2.64. The molecule has 1 heterocycles. The molecule has 0 N–H and O–H groups in total. The molecule has 1 aromatic carbocycles. The molecule has 0 fully saturated rings. The first-order valence-corrected chi connectivity index (χ1v) is 6.20. The van der Waals surface area contributed by atoms with E-state index in [1.807, 2.05) is 6.92 Å². The number of hydrogen-bond acceptors (Lipinski definition) is 4. The van der Waals surface area contributed by atoms with Crippen LogP contribution < -0.4 is 4.74 Å². The number of rotatable bonds is 3. The Morgan fingerprint density at radius 2 is 2.25 bits per heavy atom. The Balaban J connectivity index is 2.19. The van der Waals surface area contributed by atoms with E-state index < -0.39 is 0 Å². The average molecular weight is 303 g/mol. The van der Waals surface area contributed by atoms with Crippen molar-refractivity contribution in [3.05, 3.63) is 34.3 Å². The SMILES string of the molecule is CCc1nsc(Oc2cc(F)cc(Br)c2)n1. The molecule has 2 aromatic rings. The van der Waals surface area contributed by atoms with Crippen LogP contribution in [0.15, 0.2) is 22.7 Å². The van der Waals surface area contributed by atoms with Crippen molar-refractivity contribution < 1.29 is 9.13 Å². The summed E-state index contributed by atoms with van der Waals surface area (Å²) in [5, 5.41) is 0.425. The van der Waals surface area contributed by atoms with Gasteiger partial charge in [0.1, 0.15) is 17.4 Å². The molecule has 6 heteroatoms. The number of halogens is 2. The van der Waals surface area contributed by atoms with Crippen LogP contribution in [-0.4, -0.2) is 9.36 Å². The predicted molar refractivity (Wildman–Crippen MR) is 63.5 cm³/mol. The molecule has 0 aliphatic heterocycles. The maximum absolute atomic E-state index is 13.1. The minimum Gasteiger partial charge on any atom is -0.430 e. The van der Waals surface area contributed by atoms with Gasteiger partial charge in [0.05, 0.1) is 0 Å². The van der Waals surface area contributed by atoms with Crippen LogP contribution in [0.3, 0.4) is 0 Å². The van der Waals surface area contributed by atoms with E-state index in [2.05, 4.69) is 25.3 Å². The molecule has 84 valence electrons. The summed E-state index contributed by atoms with van der Waals surface area (Å²) in [6.45, 7) is 1.96. The van der Waals surface area contributed by atoms with Crippen LogP contribution in [0.4, 0.5) is 4.39 Å². The van der Waals surface area contributed by atoms with Crippen LogP contribution in [0.25, 0.3) is 0 Å². The second-order valence-electron chi connectivity index (χ2n) is 3.04. The molecule has 0 aliphatic rings. The molecule has 0 amide bonds. The fourth-order valence-corrected chi connectivity index (χ4v) is 2.19. The highest BCUT2D eigenvalue weighted by Crippen LogP contribution is 2.26. The summed E-state index contributed by atoms with van der Waals surface area (Å²) in [5.74, 6) is 0.783. The summed E-state index contributed by atoms with van der Waals surface area (Å²) in [7, 11) is 0. The summed E-state index contributed by atoms with van der Waals surface area (Å²) < 4.78 is 23.2. The van der Waals surface area contributed by atoms with Gasteiger partial charge in [0.2, 0.25) is 0 Å². The van der Waals surface area contributed by atoms with Crippen molar-refractivity contribution in [2.45, 2.75) is 13.3 Å². The van der Waals surface area contributed by atoms with Gasteiger partial charge in [0.25, 0.3) is 5.19 Å². The van der Waals surface area contributed by atoms with E-state index in [-0.39, 0.29) is 5.82 Å². The van der Waals surface area contributed by atoms with Crippen LogP contribution in [-0.2, 0) is 6.42 Å². The Morgan fingerprint density at radius 3 is 2.88 bits per heavy atom. The number of aryl methyl sites for hydroxylation is 1. The Hall–Kier alpha value is -1.01. The van der Waals surface area contributed by atoms with Crippen molar-refractivity contribution in [1.82, 2.24) is 9.36 Å². The highest BCUT2D eigenvalue weighted by atomic mass is 79.9. The summed E-state index contributed by atoms with van der Waals surface area (Å²) in [5.41, 5.74) is 0. The van der Waals surface area contributed by atoms with Gasteiger partial charge in [-0.1, -0.05) is 22.9 Å². The summed E-state index contributed by atoms with van der Waals surface area (Å²) in [6.07, 6.45) is 0.757. The molecule has 0 radical (unpaired) electrons. The topological polar surface area (TPSA) is 35.0 Å². The normalized spacial score (nSPS) is 10.4. The van der Waals surface area contributed by atoms with E-state index in [0.717, 1.165) is 23.8 Å². The van der Waals surface area contributed by atoms with Gasteiger partial charge in [-0.05, 0) is 12.1 Å². The zero-order valence-corrected chi connectivity index (χ0v) is 10.8. The smallest absolute Gasteiger partial charge is 0.298 e. The molecule has 0 bridgehead atoms. The first-order chi connectivity index (χ1) is 7.67. The standard InChI is InChI=1S/C10H8BrFN2OS/c1-2-9-13-10(16-14-9)15-8-4-6(11)3-7(12)5-8/h3-5H,2H2,1H3. The van der Waals surface area contributed by atoms with Crippen LogP contribution in [0.2, 0.25) is 0 Å². The van der Waals surface area contributed by atoms with Gasteiger partial charge < -0.3 is 4.74 Å². The third-order valence-corrected chi connectivity index (χ3v) is 2.90. The van der Waals surface area contributed by atoms with E-state index in [4.69, 9.17) is 4.74 Å². The highest BCUT2D eigenvalue weighted by Gasteiger charge is 2.06. The molecule has 0 saturated carbocycles. The molecular weight excluding hydrogens is 295 g/mol. The second-order valence-corrected chi connectivity index (χ2v) is 4.67. The lowest BCUT2D eigenvalue weighted by Gasteiger charge is -2.01. The third kappa shape index (κ3) is 2.76. The minimum atomic E-state index is -0.357. The lowest BCUT2D eigenvalue weighted by Crippen LogP contribution is -1.86. The van der Waals surface area contributed by atoms with Crippen molar-refractivity contribution in [2.75, 3.05) is 0 Å². The number of ether oxygens (including phenoxy) is 1. The third-order valence-electron chi connectivity index (χ3n) is 1.81. The fraction of sp³-hybridized carbons (Fsp3) is 0.200. The zero-order valence-electron chi connectivity index (χ0n) is 8.41. The monoisotopic (exact) mass is 302 g/mol. The van der Waals surface area contributed by atoms with Crippen LogP contribution in [0.5, 0.6) is 10.9 Å². The molecule has 16 heavy (non-hydrogen) atoms. The van der Waals surface area contributed by atoms with Gasteiger partial charge in [-0.15, -0.1) is 0 Å². The quantitative estimate of drug-likeness (QED) is 0.865. The first-order valence-electron chi connectivity index (χ1n) is 4.64. The molecule has 0 atom stereocenters. The van der Waals surface area contributed by atoms with Crippen molar-refractivity contribution in [3.63, 3.8) is 0 Å². The largest absolute Gasteiger partial charge is 0.430 e. The molecular formula is C10H8BrFN2OS. The van der Waals surface area contributed by atoms with Gasteiger partial charge in [-0.3, -0.25) is 0 Å². The Kier molecular flexibility index (Phi) is 3.50. The lowest BCUT2D eigenvalue weighted by molar-refractivity contribution is 0.471. The van der Waals surface area contributed by atoms with Crippen LogP contribution >= 0.6 is 27.5 Å². The Labute approximate surface area is 105 Å². The van der Waals surface area contributed by atoms with E-state index in [1.165, 1.54) is 12.1 Å². The van der Waals surface area contributed by atoms with Gasteiger partial charge in [-0.25, -0.2) is 4.39 Å². The van der Waals surface area contributed by atoms with Gasteiger partial charge in [0.15, 0.2) is 0 Å². The summed E-state index contributed by atoms with van der Waals surface area (Å²) >= 11 is 4.35. The highest BCUT2D eigenvalue weighted by molar-refractivity contribution is 9.10. The van der Waals surface area contributed by atoms with E-state index in [0.29, 0.717) is 15.4 Å². The number of benzene rings is 1. The molecule has 1 aromatic heterocycles. The number of hydrogen-bond donors (Lipinski definition) is 0. The number of aromatic nitrogens is 2. The molecule has 0 spiro atoms. The van der Waals surface area contributed by atoms with Gasteiger partial charge in [0, 0.05) is 28.5 Å². The maximum Gasteiger partial charge on any atom is 0.298 e. The molecule has 0 saturated heterocycles. The zero-order chi connectivity index (χ0) is 11.5. The Morgan fingerprint density at radius 1 is 1.44 bits per heavy atom. The first kappa shape index (κ1) is 11.5. The summed E-state index contributed by atoms with van der Waals surface area (Å²) in [6, 6.07) is 4.35. The second kappa shape index (κ2) is 4.88. The van der Waals surface area contributed by atoms with Crippen molar-refractivity contribution in [2.24, 2.45) is 0 Å². The van der Waals surface area contributed by atoms with E-state index in [9.17, 15) is 4.39 Å². The van der Waals surface area contributed by atoms with E-state index >= 15 is 0 Å². The van der Waals surface area contributed by atoms with Crippen molar-refractivity contribution >= 4 is 27.5 Å². The molecule has 0 aliphatic carbocycles. The molecule has 2 rings (SSSR count). The van der Waals surface area contributed by atoms with Crippen molar-refractivity contribution in [1.29, 1.82) is 0 Å². The maximum atomic E-state index is 13.1. The van der Waals surface area contributed by atoms with Gasteiger partial charge >= 0.3 is 0 Å². The molecule has 0 unspecified atom stereocenters. The van der Waals surface area contributed by atoms with Crippen LogP contribution in [0, 0.1) is 5.82 Å². The molecule has 3 nitrogen and oxygen atoms in total. The Bertz CT molecular complexity index is 483. The number of nitrogens with zero attached hydrogens (tertiary/aromatic N) is 2. The van der Waals surface area contributed by atoms with E-state index in [1.54, 1.807) is 6.07 Å². The lowest BCUT2D eigenvalue weighted by atomic mass is 10.3.